The van der Waals surface area contributed by atoms with Crippen LogP contribution in [-0.4, -0.2) is 0 Å². The highest BCUT2D eigenvalue weighted by molar-refractivity contribution is 9.10. The molecule has 2 N–H and O–H groups in total. The molecule has 0 aliphatic heterocycles. The largest absolute Gasteiger partial charge is 0.455 e. The van der Waals surface area contributed by atoms with Crippen molar-refractivity contribution in [2.24, 2.45) is 0 Å². The van der Waals surface area contributed by atoms with E-state index < -0.39 is 0 Å². The van der Waals surface area contributed by atoms with Crippen LogP contribution in [0, 0.1) is 13.8 Å². The van der Waals surface area contributed by atoms with Crippen molar-refractivity contribution in [1.82, 2.24) is 0 Å². The molecule has 0 unspecified atom stereocenters. The SMILES string of the molecule is Cc1cc(C)cc(Oc2ccc(Br)cc2N)c1. The van der Waals surface area contributed by atoms with Gasteiger partial charge in [-0.3, -0.25) is 0 Å². The van der Waals surface area contributed by atoms with Crippen LogP contribution in [0.1, 0.15) is 11.1 Å². The molecule has 0 amide bonds. The topological polar surface area (TPSA) is 35.2 Å². The predicted molar refractivity (Wildman–Crippen MR) is 74.5 cm³/mol. The van der Waals surface area contributed by atoms with Gasteiger partial charge in [0.05, 0.1) is 5.69 Å². The van der Waals surface area contributed by atoms with Gasteiger partial charge in [-0.25, -0.2) is 0 Å². The molecule has 0 spiro atoms. The van der Waals surface area contributed by atoms with E-state index >= 15 is 0 Å². The second-order valence-electron chi connectivity index (χ2n) is 4.11. The van der Waals surface area contributed by atoms with Crippen molar-refractivity contribution >= 4 is 21.6 Å². The van der Waals surface area contributed by atoms with Gasteiger partial charge >= 0.3 is 0 Å². The van der Waals surface area contributed by atoms with Gasteiger partial charge in [-0.1, -0.05) is 22.0 Å². The van der Waals surface area contributed by atoms with Crippen LogP contribution < -0.4 is 10.5 Å². The number of nitrogens with two attached hydrogens (primary N) is 1. The van der Waals surface area contributed by atoms with E-state index in [2.05, 4.69) is 22.0 Å². The summed E-state index contributed by atoms with van der Waals surface area (Å²) in [6.45, 7) is 4.09. The van der Waals surface area contributed by atoms with E-state index in [0.29, 0.717) is 11.4 Å². The second kappa shape index (κ2) is 4.80. The first-order valence-electron chi connectivity index (χ1n) is 5.36. The highest BCUT2D eigenvalue weighted by atomic mass is 79.9. The van der Waals surface area contributed by atoms with E-state index in [1.165, 1.54) is 11.1 Å². The van der Waals surface area contributed by atoms with Crippen molar-refractivity contribution in [1.29, 1.82) is 0 Å². The first-order valence-corrected chi connectivity index (χ1v) is 6.15. The molecule has 0 atom stereocenters. The fourth-order valence-corrected chi connectivity index (χ4v) is 2.11. The molecule has 2 aromatic carbocycles. The van der Waals surface area contributed by atoms with Crippen LogP contribution in [0.25, 0.3) is 0 Å². The molecule has 0 aliphatic rings. The molecule has 0 heterocycles. The number of aryl methyl sites for hydroxylation is 2. The third kappa shape index (κ3) is 3.01. The molecule has 2 rings (SSSR count). The molecule has 0 bridgehead atoms. The molecule has 0 saturated carbocycles. The zero-order chi connectivity index (χ0) is 12.4. The standard InChI is InChI=1S/C14H14BrNO/c1-9-5-10(2)7-12(6-9)17-14-4-3-11(15)8-13(14)16/h3-8H,16H2,1-2H3. The van der Waals surface area contributed by atoms with Gasteiger partial charge in [0.1, 0.15) is 11.5 Å². The molecule has 3 heteroatoms. The Morgan fingerprint density at radius 2 is 1.65 bits per heavy atom. The first kappa shape index (κ1) is 12.0. The summed E-state index contributed by atoms with van der Waals surface area (Å²) in [5.41, 5.74) is 8.87. The van der Waals surface area contributed by atoms with Crippen LogP contribution in [0.4, 0.5) is 5.69 Å². The molecule has 0 aliphatic carbocycles. The van der Waals surface area contributed by atoms with E-state index in [9.17, 15) is 0 Å². The molecule has 2 nitrogen and oxygen atoms in total. The smallest absolute Gasteiger partial charge is 0.150 e. The van der Waals surface area contributed by atoms with Gasteiger partial charge < -0.3 is 10.5 Å². The van der Waals surface area contributed by atoms with Gasteiger partial charge in [0.2, 0.25) is 0 Å². The Labute approximate surface area is 110 Å². The number of halogens is 1. The lowest BCUT2D eigenvalue weighted by molar-refractivity contribution is 0.484. The Balaban J connectivity index is 2.31. The van der Waals surface area contributed by atoms with Crippen molar-refractivity contribution in [3.05, 3.63) is 52.0 Å². The lowest BCUT2D eigenvalue weighted by Crippen LogP contribution is -1.92. The maximum absolute atomic E-state index is 5.89. The van der Waals surface area contributed by atoms with Crippen molar-refractivity contribution in [2.75, 3.05) is 5.73 Å². The van der Waals surface area contributed by atoms with E-state index in [4.69, 9.17) is 10.5 Å². The molecule has 0 saturated heterocycles. The van der Waals surface area contributed by atoms with Gasteiger partial charge in [0, 0.05) is 4.47 Å². The lowest BCUT2D eigenvalue weighted by Gasteiger charge is -2.10. The quantitative estimate of drug-likeness (QED) is 0.830. The zero-order valence-electron chi connectivity index (χ0n) is 9.83. The minimum absolute atomic E-state index is 0.624. The van der Waals surface area contributed by atoms with Gasteiger partial charge in [-0.15, -0.1) is 0 Å². The van der Waals surface area contributed by atoms with Gasteiger partial charge in [-0.2, -0.15) is 0 Å². The normalized spacial score (nSPS) is 10.3. The average molecular weight is 292 g/mol. The van der Waals surface area contributed by atoms with Crippen LogP contribution in [-0.2, 0) is 0 Å². The molecule has 0 fully saturated rings. The van der Waals surface area contributed by atoms with Crippen LogP contribution in [0.2, 0.25) is 0 Å². The number of ether oxygens (including phenoxy) is 1. The van der Waals surface area contributed by atoms with E-state index in [-0.39, 0.29) is 0 Å². The molecular weight excluding hydrogens is 278 g/mol. The first-order chi connectivity index (χ1) is 8.04. The highest BCUT2D eigenvalue weighted by Gasteiger charge is 2.03. The Morgan fingerprint density at radius 3 is 2.24 bits per heavy atom. The summed E-state index contributed by atoms with van der Waals surface area (Å²) in [7, 11) is 0. The van der Waals surface area contributed by atoms with Crippen LogP contribution in [0.3, 0.4) is 0 Å². The van der Waals surface area contributed by atoms with Crippen molar-refractivity contribution in [3.8, 4) is 11.5 Å². The average Bonchev–Trinajstić information content (AvgIpc) is 2.21. The molecule has 88 valence electrons. The highest BCUT2D eigenvalue weighted by Crippen LogP contribution is 2.30. The summed E-state index contributed by atoms with van der Waals surface area (Å²) in [4.78, 5) is 0. The van der Waals surface area contributed by atoms with Crippen LogP contribution in [0.5, 0.6) is 11.5 Å². The van der Waals surface area contributed by atoms with Gasteiger partial charge in [0.25, 0.3) is 0 Å². The summed E-state index contributed by atoms with van der Waals surface area (Å²) in [5, 5.41) is 0. The number of anilines is 1. The number of hydrogen-bond donors (Lipinski definition) is 1. The van der Waals surface area contributed by atoms with Crippen molar-refractivity contribution < 1.29 is 4.74 Å². The van der Waals surface area contributed by atoms with E-state index in [1.807, 2.05) is 44.2 Å². The Hall–Kier alpha value is -1.48. The lowest BCUT2D eigenvalue weighted by atomic mass is 10.1. The maximum Gasteiger partial charge on any atom is 0.150 e. The minimum atomic E-state index is 0.624. The van der Waals surface area contributed by atoms with E-state index in [0.717, 1.165) is 10.2 Å². The molecule has 0 radical (unpaired) electrons. The zero-order valence-corrected chi connectivity index (χ0v) is 11.4. The Bertz CT molecular complexity index is 532. The van der Waals surface area contributed by atoms with Crippen LogP contribution in [0.15, 0.2) is 40.9 Å². The van der Waals surface area contributed by atoms with E-state index in [1.54, 1.807) is 0 Å². The summed E-state index contributed by atoms with van der Waals surface area (Å²) in [5.74, 6) is 1.50. The summed E-state index contributed by atoms with van der Waals surface area (Å²) in [6.07, 6.45) is 0. The summed E-state index contributed by atoms with van der Waals surface area (Å²) in [6, 6.07) is 11.7. The number of rotatable bonds is 2. The van der Waals surface area contributed by atoms with Crippen molar-refractivity contribution in [2.45, 2.75) is 13.8 Å². The Morgan fingerprint density at radius 1 is 1.00 bits per heavy atom. The third-order valence-corrected chi connectivity index (χ3v) is 2.89. The van der Waals surface area contributed by atoms with Crippen molar-refractivity contribution in [3.63, 3.8) is 0 Å². The number of hydrogen-bond acceptors (Lipinski definition) is 2. The molecule has 2 aromatic rings. The number of benzene rings is 2. The maximum atomic E-state index is 5.89. The van der Waals surface area contributed by atoms with Crippen LogP contribution >= 0.6 is 15.9 Å². The molecule has 0 aromatic heterocycles. The van der Waals surface area contributed by atoms with Gasteiger partial charge in [0.15, 0.2) is 0 Å². The monoisotopic (exact) mass is 291 g/mol. The fraction of sp³-hybridized carbons (Fsp3) is 0.143. The Kier molecular flexibility index (Phi) is 3.38. The predicted octanol–water partition coefficient (Wildman–Crippen LogP) is 4.44. The third-order valence-electron chi connectivity index (χ3n) is 2.39. The summed E-state index contributed by atoms with van der Waals surface area (Å²) >= 11 is 3.37. The molecular formula is C14H14BrNO. The summed E-state index contributed by atoms with van der Waals surface area (Å²) < 4.78 is 6.73. The fourth-order valence-electron chi connectivity index (χ4n) is 1.73. The number of nitrogen functional groups attached to an aromatic ring is 1. The van der Waals surface area contributed by atoms with Gasteiger partial charge in [-0.05, 0) is 55.3 Å². The molecule has 17 heavy (non-hydrogen) atoms. The minimum Gasteiger partial charge on any atom is -0.455 e. The second-order valence-corrected chi connectivity index (χ2v) is 5.02.